The third-order valence-corrected chi connectivity index (χ3v) is 2.13. The van der Waals surface area contributed by atoms with Crippen molar-refractivity contribution in [3.63, 3.8) is 0 Å². The number of rotatable bonds is 2. The Morgan fingerprint density at radius 3 is 2.75 bits per heavy atom. The van der Waals surface area contributed by atoms with E-state index in [0.717, 1.165) is 0 Å². The van der Waals surface area contributed by atoms with Gasteiger partial charge in [0.05, 0.1) is 17.7 Å². The summed E-state index contributed by atoms with van der Waals surface area (Å²) in [5.41, 5.74) is 10.7. The van der Waals surface area contributed by atoms with Crippen LogP contribution in [-0.4, -0.2) is 30.0 Å². The van der Waals surface area contributed by atoms with Crippen LogP contribution in [0.3, 0.4) is 0 Å². The summed E-state index contributed by atoms with van der Waals surface area (Å²) in [6.45, 7) is 0.758. The predicted octanol–water partition coefficient (Wildman–Crippen LogP) is -1.20. The van der Waals surface area contributed by atoms with Crippen LogP contribution in [0.2, 0.25) is 0 Å². The molecule has 1 aliphatic heterocycles. The molecule has 2 atom stereocenters. The molecule has 0 spiro atoms. The molecule has 12 heavy (non-hydrogen) atoms. The zero-order valence-corrected chi connectivity index (χ0v) is 6.64. The van der Waals surface area contributed by atoms with Gasteiger partial charge in [-0.25, -0.2) is 0 Å². The highest BCUT2D eigenvalue weighted by molar-refractivity contribution is 5.77. The molecule has 6 nitrogen and oxygen atoms in total. The highest BCUT2D eigenvalue weighted by Crippen LogP contribution is 2.14. The smallest absolute Gasteiger partial charge is 0.223 e. The number of nitrogens with two attached hydrogens (primary N) is 2. The molecule has 1 amide bonds. The monoisotopic (exact) mass is 172 g/mol. The van der Waals surface area contributed by atoms with Crippen molar-refractivity contribution in [2.75, 3.05) is 13.1 Å². The van der Waals surface area contributed by atoms with Crippen LogP contribution in [-0.2, 0) is 4.79 Å². The van der Waals surface area contributed by atoms with Gasteiger partial charge in [-0.05, 0) is 6.42 Å². The van der Waals surface area contributed by atoms with Crippen molar-refractivity contribution >= 4 is 5.91 Å². The van der Waals surface area contributed by atoms with Crippen LogP contribution in [0.4, 0.5) is 0 Å². The summed E-state index contributed by atoms with van der Waals surface area (Å²) in [6.07, 6.45) is 0.583. The lowest BCUT2D eigenvalue weighted by Gasteiger charge is -2.31. The molecule has 6 heteroatoms. The number of hydrogen-bond donors (Lipinski definition) is 2. The van der Waals surface area contributed by atoms with Crippen molar-refractivity contribution in [1.29, 1.82) is 0 Å². The van der Waals surface area contributed by atoms with Crippen LogP contribution in [0, 0.1) is 10.8 Å². The first-order chi connectivity index (χ1) is 5.65. The van der Waals surface area contributed by atoms with Gasteiger partial charge in [0, 0.05) is 12.6 Å². The van der Waals surface area contributed by atoms with Gasteiger partial charge in [-0.1, -0.05) is 0 Å². The lowest BCUT2D eigenvalue weighted by Crippen LogP contribution is -2.50. The Morgan fingerprint density at radius 2 is 2.25 bits per heavy atom. The lowest BCUT2D eigenvalue weighted by molar-refractivity contribution is -0.124. The molecule has 1 saturated heterocycles. The SMILES string of the molecule is NC(=O)C1CN(N=O)CCC1N. The van der Waals surface area contributed by atoms with Crippen LogP contribution < -0.4 is 11.5 Å². The Hall–Kier alpha value is -1.17. The van der Waals surface area contributed by atoms with E-state index in [1.807, 2.05) is 0 Å². The number of carbonyl (C=O) groups excluding carboxylic acids is 1. The van der Waals surface area contributed by atoms with Gasteiger partial charge in [-0.2, -0.15) is 0 Å². The molecule has 0 aromatic heterocycles. The predicted molar refractivity (Wildman–Crippen MR) is 42.6 cm³/mol. The fourth-order valence-electron chi connectivity index (χ4n) is 1.33. The minimum absolute atomic E-state index is 0.236. The summed E-state index contributed by atoms with van der Waals surface area (Å²) in [7, 11) is 0. The number of amides is 1. The number of primary amides is 1. The van der Waals surface area contributed by atoms with Crippen molar-refractivity contribution in [3.8, 4) is 0 Å². The number of piperidine rings is 1. The maximum atomic E-state index is 10.8. The van der Waals surface area contributed by atoms with Gasteiger partial charge in [0.1, 0.15) is 0 Å². The summed E-state index contributed by atoms with van der Waals surface area (Å²) >= 11 is 0. The first-order valence-corrected chi connectivity index (χ1v) is 3.78. The summed E-state index contributed by atoms with van der Waals surface area (Å²) in [5, 5.41) is 4.01. The maximum Gasteiger partial charge on any atom is 0.223 e. The Bertz CT molecular complexity index is 196. The minimum atomic E-state index is -0.462. The molecular weight excluding hydrogens is 160 g/mol. The number of carbonyl (C=O) groups is 1. The molecule has 0 saturated carbocycles. The molecule has 0 radical (unpaired) electrons. The summed E-state index contributed by atoms with van der Waals surface area (Å²) in [4.78, 5) is 20.9. The van der Waals surface area contributed by atoms with Crippen molar-refractivity contribution in [1.82, 2.24) is 5.01 Å². The zero-order valence-electron chi connectivity index (χ0n) is 6.64. The van der Waals surface area contributed by atoms with E-state index in [4.69, 9.17) is 11.5 Å². The van der Waals surface area contributed by atoms with E-state index in [2.05, 4.69) is 5.29 Å². The van der Waals surface area contributed by atoms with Crippen LogP contribution >= 0.6 is 0 Å². The summed E-state index contributed by atoms with van der Waals surface area (Å²) in [5.74, 6) is -0.910. The Morgan fingerprint density at radius 1 is 1.58 bits per heavy atom. The van der Waals surface area contributed by atoms with Gasteiger partial charge < -0.3 is 11.5 Å². The standard InChI is InChI=1S/C6H12N4O2/c7-5-1-2-10(9-12)3-4(5)6(8)11/h4-5H,1-3,7H2,(H2,8,11). The molecular formula is C6H12N4O2. The molecule has 0 aromatic carbocycles. The van der Waals surface area contributed by atoms with E-state index in [0.29, 0.717) is 13.0 Å². The molecule has 0 aromatic rings. The van der Waals surface area contributed by atoms with Gasteiger partial charge in [0.25, 0.3) is 0 Å². The van der Waals surface area contributed by atoms with Gasteiger partial charge in [0.15, 0.2) is 0 Å². The first-order valence-electron chi connectivity index (χ1n) is 3.78. The Balaban J connectivity index is 2.58. The van der Waals surface area contributed by atoms with Crippen molar-refractivity contribution in [3.05, 3.63) is 4.91 Å². The van der Waals surface area contributed by atoms with Gasteiger partial charge in [-0.15, -0.1) is 4.91 Å². The van der Waals surface area contributed by atoms with Crippen LogP contribution in [0.15, 0.2) is 5.29 Å². The van der Waals surface area contributed by atoms with Gasteiger partial charge in [0.2, 0.25) is 5.91 Å². The quantitative estimate of drug-likeness (QED) is 0.511. The second-order valence-corrected chi connectivity index (χ2v) is 2.96. The van der Waals surface area contributed by atoms with Crippen molar-refractivity contribution < 1.29 is 4.79 Å². The highest BCUT2D eigenvalue weighted by Gasteiger charge is 2.30. The minimum Gasteiger partial charge on any atom is -0.369 e. The largest absolute Gasteiger partial charge is 0.369 e. The Kier molecular flexibility index (Phi) is 2.59. The van der Waals surface area contributed by atoms with E-state index in [-0.39, 0.29) is 12.6 Å². The normalized spacial score (nSPS) is 29.9. The second kappa shape index (κ2) is 3.48. The average molecular weight is 172 g/mol. The molecule has 1 aliphatic rings. The first kappa shape index (κ1) is 8.92. The molecule has 2 unspecified atom stereocenters. The Labute approximate surface area is 69.8 Å². The molecule has 4 N–H and O–H groups in total. The fourth-order valence-corrected chi connectivity index (χ4v) is 1.33. The van der Waals surface area contributed by atoms with E-state index in [1.165, 1.54) is 5.01 Å². The summed E-state index contributed by atoms with van der Waals surface area (Å²) in [6, 6.07) is -0.236. The zero-order chi connectivity index (χ0) is 9.14. The van der Waals surface area contributed by atoms with E-state index < -0.39 is 11.8 Å². The van der Waals surface area contributed by atoms with E-state index in [9.17, 15) is 9.70 Å². The van der Waals surface area contributed by atoms with Crippen LogP contribution in [0.1, 0.15) is 6.42 Å². The van der Waals surface area contributed by atoms with Crippen molar-refractivity contribution in [2.45, 2.75) is 12.5 Å². The molecule has 1 heterocycles. The molecule has 1 rings (SSSR count). The topological polar surface area (TPSA) is 102 Å². The number of nitroso groups, excluding NO2 is 1. The third kappa shape index (κ3) is 1.70. The third-order valence-electron chi connectivity index (χ3n) is 2.13. The van der Waals surface area contributed by atoms with Crippen LogP contribution in [0.25, 0.3) is 0 Å². The molecule has 68 valence electrons. The van der Waals surface area contributed by atoms with E-state index >= 15 is 0 Å². The fraction of sp³-hybridized carbons (Fsp3) is 0.833. The van der Waals surface area contributed by atoms with Gasteiger partial charge in [-0.3, -0.25) is 9.80 Å². The lowest BCUT2D eigenvalue weighted by atomic mass is 9.93. The second-order valence-electron chi connectivity index (χ2n) is 2.96. The summed E-state index contributed by atoms with van der Waals surface area (Å²) < 4.78 is 0. The molecule has 0 bridgehead atoms. The van der Waals surface area contributed by atoms with Crippen molar-refractivity contribution in [2.24, 2.45) is 22.7 Å². The van der Waals surface area contributed by atoms with Gasteiger partial charge >= 0.3 is 0 Å². The highest BCUT2D eigenvalue weighted by atomic mass is 16.3. The van der Waals surface area contributed by atoms with Crippen LogP contribution in [0.5, 0.6) is 0 Å². The maximum absolute atomic E-state index is 10.8. The van der Waals surface area contributed by atoms with E-state index in [1.54, 1.807) is 0 Å². The molecule has 1 fully saturated rings. The number of hydrogen-bond acceptors (Lipinski definition) is 4. The molecule has 0 aliphatic carbocycles. The number of nitrogens with zero attached hydrogens (tertiary/aromatic N) is 2. The average Bonchev–Trinajstić information content (AvgIpc) is 2.05.